The van der Waals surface area contributed by atoms with Crippen molar-refractivity contribution in [3.63, 3.8) is 0 Å². The molecular formula is C31H38N4O6. The number of carbonyl (C=O) groups excluding carboxylic acids is 3. The zero-order valence-electron chi connectivity index (χ0n) is 25.4. The van der Waals surface area contributed by atoms with Gasteiger partial charge in [0.15, 0.2) is 0 Å². The van der Waals surface area contributed by atoms with Crippen molar-refractivity contribution in [3.05, 3.63) is 53.3 Å². The molecule has 10 heteroatoms. The van der Waals surface area contributed by atoms with Crippen molar-refractivity contribution in [2.75, 3.05) is 18.6 Å². The molecule has 0 atom stereocenters. The summed E-state index contributed by atoms with van der Waals surface area (Å²) < 4.78 is 19.6. The van der Waals surface area contributed by atoms with E-state index in [1.165, 1.54) is 20.2 Å². The maximum absolute atomic E-state index is 13.3. The number of amides is 1. The summed E-state index contributed by atoms with van der Waals surface area (Å²) in [6.07, 6.45) is 2.05. The standard InChI is InChI=1S/C31H38N4O6/c1-11-39-27(36)22-16-32-35-24(22)14-20(15-25(35)33(10)28(37)40-30(4,5)6)23-17-34(29(38)41-31(7,8)9)26-19(3)12-18(2)13-21(23)26/h12-17H,11H2,1-10H3. The lowest BCUT2D eigenvalue weighted by molar-refractivity contribution is 0.0523. The molecule has 0 N–H and O–H groups in total. The highest BCUT2D eigenvalue weighted by Gasteiger charge is 2.27. The van der Waals surface area contributed by atoms with Gasteiger partial charge in [-0.1, -0.05) is 11.6 Å². The van der Waals surface area contributed by atoms with Gasteiger partial charge in [0.25, 0.3) is 0 Å². The molecule has 3 aromatic heterocycles. The molecule has 1 amide bonds. The Kier molecular flexibility index (Phi) is 7.64. The van der Waals surface area contributed by atoms with Gasteiger partial charge in [-0.05, 0) is 91.6 Å². The molecule has 0 aliphatic carbocycles. The molecule has 0 bridgehead atoms. The normalized spacial score (nSPS) is 12.0. The molecular weight excluding hydrogens is 524 g/mol. The number of esters is 1. The average Bonchev–Trinajstić information content (AvgIpc) is 3.43. The molecule has 0 aliphatic heterocycles. The van der Waals surface area contributed by atoms with Gasteiger partial charge in [-0.15, -0.1) is 0 Å². The van der Waals surface area contributed by atoms with Crippen LogP contribution in [-0.4, -0.2) is 57.2 Å². The molecule has 3 heterocycles. The molecule has 0 saturated heterocycles. The summed E-state index contributed by atoms with van der Waals surface area (Å²) in [6.45, 7) is 16.7. The Bertz CT molecular complexity index is 1670. The van der Waals surface area contributed by atoms with Crippen molar-refractivity contribution < 1.29 is 28.6 Å². The van der Waals surface area contributed by atoms with E-state index in [0.717, 1.165) is 22.1 Å². The fraction of sp³-hybridized carbons (Fsp3) is 0.419. The molecule has 4 rings (SSSR count). The number of ether oxygens (including phenoxy) is 3. The summed E-state index contributed by atoms with van der Waals surface area (Å²) >= 11 is 0. The zero-order valence-corrected chi connectivity index (χ0v) is 25.4. The van der Waals surface area contributed by atoms with Gasteiger partial charge in [0.1, 0.15) is 22.6 Å². The molecule has 0 spiro atoms. The Hall–Kier alpha value is -4.34. The topological polar surface area (TPSA) is 104 Å². The highest BCUT2D eigenvalue weighted by Crippen LogP contribution is 2.37. The van der Waals surface area contributed by atoms with E-state index in [0.29, 0.717) is 22.4 Å². The van der Waals surface area contributed by atoms with Crippen molar-refractivity contribution in [1.82, 2.24) is 14.2 Å². The van der Waals surface area contributed by atoms with Crippen molar-refractivity contribution in [2.45, 2.75) is 73.5 Å². The van der Waals surface area contributed by atoms with Gasteiger partial charge >= 0.3 is 18.2 Å². The van der Waals surface area contributed by atoms with Crippen LogP contribution in [0, 0.1) is 13.8 Å². The molecule has 0 unspecified atom stereocenters. The predicted octanol–water partition coefficient (Wildman–Crippen LogP) is 6.90. The summed E-state index contributed by atoms with van der Waals surface area (Å²) in [5.74, 6) is -0.168. The smallest absolute Gasteiger partial charge is 0.419 e. The summed E-state index contributed by atoms with van der Waals surface area (Å²) in [5, 5.41) is 5.23. The van der Waals surface area contributed by atoms with Crippen LogP contribution in [0.5, 0.6) is 0 Å². The van der Waals surface area contributed by atoms with E-state index in [1.54, 1.807) is 53.1 Å². The maximum Gasteiger partial charge on any atom is 0.419 e. The van der Waals surface area contributed by atoms with Crippen LogP contribution in [0.2, 0.25) is 0 Å². The van der Waals surface area contributed by atoms with Crippen LogP contribution in [0.3, 0.4) is 0 Å². The van der Waals surface area contributed by atoms with Gasteiger partial charge < -0.3 is 14.2 Å². The second-order valence-corrected chi connectivity index (χ2v) is 12.1. The molecule has 4 aromatic rings. The second-order valence-electron chi connectivity index (χ2n) is 12.1. The van der Waals surface area contributed by atoms with Crippen LogP contribution < -0.4 is 4.90 Å². The Morgan fingerprint density at radius 1 is 0.951 bits per heavy atom. The van der Waals surface area contributed by atoms with Gasteiger partial charge in [0.2, 0.25) is 0 Å². The SMILES string of the molecule is CCOC(=O)c1cnn2c(N(C)C(=O)OC(C)(C)C)cc(-c3cn(C(=O)OC(C)(C)C)c4c(C)cc(C)cc34)cc12. The van der Waals surface area contributed by atoms with E-state index in [4.69, 9.17) is 14.2 Å². The molecule has 0 fully saturated rings. The molecule has 0 saturated carbocycles. The van der Waals surface area contributed by atoms with Gasteiger partial charge in [-0.25, -0.2) is 18.9 Å². The molecule has 1 aromatic carbocycles. The van der Waals surface area contributed by atoms with Gasteiger partial charge in [-0.2, -0.15) is 5.10 Å². The lowest BCUT2D eigenvalue weighted by Crippen LogP contribution is -2.35. The zero-order chi connectivity index (χ0) is 30.4. The van der Waals surface area contributed by atoms with Crippen LogP contribution in [0.4, 0.5) is 15.4 Å². The number of anilines is 1. The first-order valence-corrected chi connectivity index (χ1v) is 13.5. The molecule has 0 aliphatic rings. The number of aromatic nitrogens is 3. The Labute approximate surface area is 239 Å². The summed E-state index contributed by atoms with van der Waals surface area (Å²) in [7, 11) is 1.58. The number of carbonyl (C=O) groups is 3. The third-order valence-corrected chi connectivity index (χ3v) is 6.24. The summed E-state index contributed by atoms with van der Waals surface area (Å²) in [6, 6.07) is 7.60. The maximum atomic E-state index is 13.3. The summed E-state index contributed by atoms with van der Waals surface area (Å²) in [4.78, 5) is 40.7. The minimum Gasteiger partial charge on any atom is -0.462 e. The number of rotatable bonds is 4. The van der Waals surface area contributed by atoms with E-state index in [2.05, 4.69) is 5.10 Å². The highest BCUT2D eigenvalue weighted by atomic mass is 16.6. The minimum atomic E-state index is -0.724. The third kappa shape index (κ3) is 6.06. The van der Waals surface area contributed by atoms with E-state index >= 15 is 0 Å². The van der Waals surface area contributed by atoms with Crippen LogP contribution in [0.1, 0.15) is 70.0 Å². The first kappa shape index (κ1) is 29.6. The molecule has 41 heavy (non-hydrogen) atoms. The Morgan fingerprint density at radius 3 is 2.22 bits per heavy atom. The van der Waals surface area contributed by atoms with Crippen molar-refractivity contribution in [2.24, 2.45) is 0 Å². The largest absolute Gasteiger partial charge is 0.462 e. The predicted molar refractivity (Wildman–Crippen MR) is 158 cm³/mol. The van der Waals surface area contributed by atoms with Crippen LogP contribution >= 0.6 is 0 Å². The molecule has 10 nitrogen and oxygen atoms in total. The Balaban J connectivity index is 2.02. The van der Waals surface area contributed by atoms with Crippen LogP contribution in [0.15, 0.2) is 36.7 Å². The lowest BCUT2D eigenvalue weighted by Gasteiger charge is -2.25. The number of hydrogen-bond acceptors (Lipinski definition) is 7. The number of nitrogens with zero attached hydrogens (tertiary/aromatic N) is 4. The van der Waals surface area contributed by atoms with Gasteiger partial charge in [0, 0.05) is 24.2 Å². The fourth-order valence-electron chi connectivity index (χ4n) is 4.69. The molecule has 0 radical (unpaired) electrons. The van der Waals surface area contributed by atoms with Crippen LogP contribution in [-0.2, 0) is 14.2 Å². The van der Waals surface area contributed by atoms with Crippen molar-refractivity contribution in [1.29, 1.82) is 0 Å². The second kappa shape index (κ2) is 10.6. The summed E-state index contributed by atoms with van der Waals surface area (Å²) in [5.41, 5.74) is 3.27. The van der Waals surface area contributed by atoms with Crippen LogP contribution in [0.25, 0.3) is 27.5 Å². The van der Waals surface area contributed by atoms with Gasteiger partial charge in [-0.3, -0.25) is 9.47 Å². The van der Waals surface area contributed by atoms with E-state index in [9.17, 15) is 14.4 Å². The molecule has 218 valence electrons. The number of pyridine rings is 1. The number of benzene rings is 1. The first-order chi connectivity index (χ1) is 19.0. The van der Waals surface area contributed by atoms with E-state index in [-0.39, 0.29) is 12.2 Å². The van der Waals surface area contributed by atoms with Gasteiger partial charge in [0.05, 0.1) is 23.8 Å². The van der Waals surface area contributed by atoms with E-state index < -0.39 is 29.4 Å². The fourth-order valence-corrected chi connectivity index (χ4v) is 4.69. The quantitative estimate of drug-likeness (QED) is 0.197. The highest BCUT2D eigenvalue weighted by molar-refractivity contribution is 6.05. The van der Waals surface area contributed by atoms with Crippen molar-refractivity contribution in [3.8, 4) is 11.1 Å². The number of hydrogen-bond donors (Lipinski definition) is 0. The lowest BCUT2D eigenvalue weighted by atomic mass is 10.0. The monoisotopic (exact) mass is 562 g/mol. The first-order valence-electron chi connectivity index (χ1n) is 13.5. The number of aryl methyl sites for hydroxylation is 2. The van der Waals surface area contributed by atoms with E-state index in [1.807, 2.05) is 46.8 Å². The number of fused-ring (bicyclic) bond motifs is 2. The average molecular weight is 563 g/mol. The Morgan fingerprint density at radius 2 is 1.61 bits per heavy atom. The van der Waals surface area contributed by atoms with Crippen molar-refractivity contribution >= 4 is 40.4 Å². The minimum absolute atomic E-state index is 0.197. The third-order valence-electron chi connectivity index (χ3n) is 6.24.